The lowest BCUT2D eigenvalue weighted by Gasteiger charge is -2.14. The summed E-state index contributed by atoms with van der Waals surface area (Å²) in [5.41, 5.74) is 13.5. The molecular formula is C32H36N10O. The van der Waals surface area contributed by atoms with Gasteiger partial charge in [0.05, 0.1) is 28.5 Å². The van der Waals surface area contributed by atoms with Gasteiger partial charge in [-0.3, -0.25) is 19.2 Å². The Bertz CT molecular complexity index is 1890. The maximum absolute atomic E-state index is 6.30. The number of ether oxygens (including phenoxy) is 1. The van der Waals surface area contributed by atoms with Gasteiger partial charge in [-0.25, -0.2) is 9.97 Å². The zero-order chi connectivity index (χ0) is 29.9. The third-order valence-corrected chi connectivity index (χ3v) is 7.36. The molecule has 0 unspecified atom stereocenters. The second kappa shape index (κ2) is 12.1. The molecule has 3 N–H and O–H groups in total. The van der Waals surface area contributed by atoms with Gasteiger partial charge in [-0.2, -0.15) is 5.10 Å². The highest BCUT2D eigenvalue weighted by Crippen LogP contribution is 2.33. The van der Waals surface area contributed by atoms with Crippen LogP contribution in [-0.4, -0.2) is 66.4 Å². The zero-order valence-corrected chi connectivity index (χ0v) is 24.9. The number of fused-ring (bicyclic) bond motifs is 2. The predicted molar refractivity (Wildman–Crippen MR) is 170 cm³/mol. The van der Waals surface area contributed by atoms with Crippen LogP contribution in [-0.2, 0) is 20.1 Å². The van der Waals surface area contributed by atoms with Gasteiger partial charge in [-0.15, -0.1) is 0 Å². The van der Waals surface area contributed by atoms with Gasteiger partial charge in [0.2, 0.25) is 0 Å². The molecule has 5 aromatic heterocycles. The molecule has 0 amide bonds. The van der Waals surface area contributed by atoms with E-state index in [9.17, 15) is 0 Å². The average molecular weight is 577 g/mol. The van der Waals surface area contributed by atoms with E-state index in [0.29, 0.717) is 18.1 Å². The zero-order valence-electron chi connectivity index (χ0n) is 24.9. The molecule has 0 aliphatic rings. The number of nitrogen functional groups attached to an aromatic ring is 1. The lowest BCUT2D eigenvalue weighted by molar-refractivity contribution is 0.306. The molecule has 1 aromatic carbocycles. The normalized spacial score (nSPS) is 11.6. The molecule has 43 heavy (non-hydrogen) atoms. The van der Waals surface area contributed by atoms with Crippen molar-refractivity contribution < 1.29 is 4.74 Å². The third-order valence-electron chi connectivity index (χ3n) is 7.36. The highest BCUT2D eigenvalue weighted by atomic mass is 16.5. The van der Waals surface area contributed by atoms with Crippen molar-refractivity contribution in [3.63, 3.8) is 0 Å². The van der Waals surface area contributed by atoms with Crippen molar-refractivity contribution in [3.8, 4) is 22.7 Å². The Balaban J connectivity index is 1.24. The van der Waals surface area contributed by atoms with E-state index in [1.165, 1.54) is 6.33 Å². The minimum Gasteiger partial charge on any atom is -0.489 e. The highest BCUT2D eigenvalue weighted by molar-refractivity contribution is 6.00. The van der Waals surface area contributed by atoms with Gasteiger partial charge in [-0.1, -0.05) is 6.92 Å². The maximum Gasteiger partial charge on any atom is 0.150 e. The first-order valence-electron chi connectivity index (χ1n) is 14.4. The number of hydrogen-bond acceptors (Lipinski definition) is 9. The van der Waals surface area contributed by atoms with E-state index in [1.807, 2.05) is 54.5 Å². The van der Waals surface area contributed by atoms with Crippen LogP contribution in [0.3, 0.4) is 0 Å². The van der Waals surface area contributed by atoms with Crippen LogP contribution in [0.25, 0.3) is 38.9 Å². The first-order valence-corrected chi connectivity index (χ1v) is 14.4. The number of anilines is 2. The van der Waals surface area contributed by atoms with Crippen molar-refractivity contribution in [2.24, 2.45) is 7.05 Å². The number of nitrogens with zero attached hydrogens (tertiary/aromatic N) is 8. The molecule has 220 valence electrons. The van der Waals surface area contributed by atoms with Crippen LogP contribution >= 0.6 is 0 Å². The van der Waals surface area contributed by atoms with E-state index in [2.05, 4.69) is 63.4 Å². The quantitative estimate of drug-likeness (QED) is 0.208. The number of pyridine rings is 2. The van der Waals surface area contributed by atoms with Crippen LogP contribution in [0.1, 0.15) is 24.6 Å². The Morgan fingerprint density at radius 1 is 1.07 bits per heavy atom. The van der Waals surface area contributed by atoms with Gasteiger partial charge in [-0.05, 0) is 63.8 Å². The monoisotopic (exact) mass is 576 g/mol. The van der Waals surface area contributed by atoms with Gasteiger partial charge in [0, 0.05) is 66.1 Å². The summed E-state index contributed by atoms with van der Waals surface area (Å²) in [4.78, 5) is 20.3. The van der Waals surface area contributed by atoms with E-state index in [0.717, 1.165) is 81.9 Å². The number of aryl methyl sites for hydroxylation is 2. The van der Waals surface area contributed by atoms with Gasteiger partial charge >= 0.3 is 0 Å². The second-order valence-electron chi connectivity index (χ2n) is 10.9. The minimum absolute atomic E-state index is 0.346. The summed E-state index contributed by atoms with van der Waals surface area (Å²) in [5.74, 6) is 1.15. The van der Waals surface area contributed by atoms with Crippen molar-refractivity contribution in [3.05, 3.63) is 78.8 Å². The van der Waals surface area contributed by atoms with Crippen LogP contribution in [0.5, 0.6) is 5.75 Å². The Hall–Kier alpha value is -5.03. The molecule has 6 rings (SSSR count). The fourth-order valence-electron chi connectivity index (χ4n) is 5.18. The smallest absolute Gasteiger partial charge is 0.150 e. The molecule has 11 nitrogen and oxygen atoms in total. The molecule has 0 fully saturated rings. The SMILES string of the molecule is CCc1cc(NCCCN(C)C)c2ccc(OCc3cncc(-n4cc(-c5ccn(C)n5)c5c(N)ncnc54)c3)cc2n1. The standard InChI is InChI=1S/C32H36N10O/c1-5-22-14-28(35-10-6-11-40(2)3)25-8-7-24(15-29(25)38-22)43-19-21-13-23(17-34-16-21)42-18-26(27-9-12-41(4)39-27)30-31(33)36-20-37-32(30)42/h7-9,12-18,20H,5-6,10-11,19H2,1-4H3,(H,35,38)(H2,33,36,37). The van der Waals surface area contributed by atoms with E-state index >= 15 is 0 Å². The fraction of sp³-hybridized carbons (Fsp3) is 0.281. The molecule has 6 aromatic rings. The van der Waals surface area contributed by atoms with Crippen LogP contribution in [0.4, 0.5) is 11.5 Å². The molecule has 0 saturated carbocycles. The lowest BCUT2D eigenvalue weighted by Crippen LogP contribution is -2.16. The maximum atomic E-state index is 6.30. The molecule has 0 saturated heterocycles. The summed E-state index contributed by atoms with van der Waals surface area (Å²) in [6.07, 6.45) is 10.9. The lowest BCUT2D eigenvalue weighted by atomic mass is 10.1. The van der Waals surface area contributed by atoms with Gasteiger partial charge in [0.1, 0.15) is 24.5 Å². The molecule has 5 heterocycles. The van der Waals surface area contributed by atoms with Crippen molar-refractivity contribution in [2.75, 3.05) is 38.2 Å². The van der Waals surface area contributed by atoms with E-state index < -0.39 is 0 Å². The molecule has 11 heteroatoms. The molecule has 0 spiro atoms. The van der Waals surface area contributed by atoms with Gasteiger partial charge < -0.3 is 20.7 Å². The first kappa shape index (κ1) is 28.1. The Morgan fingerprint density at radius 2 is 1.95 bits per heavy atom. The summed E-state index contributed by atoms with van der Waals surface area (Å²) >= 11 is 0. The van der Waals surface area contributed by atoms with Crippen molar-refractivity contribution >= 4 is 33.4 Å². The number of nitrogens with one attached hydrogen (secondary N) is 1. The molecule has 0 aliphatic carbocycles. The van der Waals surface area contributed by atoms with Crippen LogP contribution in [0, 0.1) is 0 Å². The van der Waals surface area contributed by atoms with Crippen LogP contribution < -0.4 is 15.8 Å². The topological polar surface area (TPSA) is 125 Å². The number of aromatic nitrogens is 7. The summed E-state index contributed by atoms with van der Waals surface area (Å²) in [7, 11) is 6.07. The van der Waals surface area contributed by atoms with E-state index in [1.54, 1.807) is 10.9 Å². The molecule has 0 bridgehead atoms. The minimum atomic E-state index is 0.346. The fourth-order valence-corrected chi connectivity index (χ4v) is 5.18. The first-order chi connectivity index (χ1) is 20.9. The van der Waals surface area contributed by atoms with E-state index in [4.69, 9.17) is 15.5 Å². The van der Waals surface area contributed by atoms with Crippen molar-refractivity contribution in [1.29, 1.82) is 0 Å². The predicted octanol–water partition coefficient (Wildman–Crippen LogP) is 4.85. The van der Waals surface area contributed by atoms with Crippen LogP contribution in [0.2, 0.25) is 0 Å². The summed E-state index contributed by atoms with van der Waals surface area (Å²) in [6, 6.07) is 12.2. The second-order valence-corrected chi connectivity index (χ2v) is 10.9. The number of benzene rings is 1. The molecule has 0 atom stereocenters. The number of hydrogen-bond donors (Lipinski definition) is 2. The van der Waals surface area contributed by atoms with Gasteiger partial charge in [0.25, 0.3) is 0 Å². The largest absolute Gasteiger partial charge is 0.489 e. The Morgan fingerprint density at radius 3 is 2.74 bits per heavy atom. The molecule has 0 aliphatic heterocycles. The third kappa shape index (κ3) is 5.98. The van der Waals surface area contributed by atoms with Crippen molar-refractivity contribution in [1.82, 2.24) is 39.2 Å². The Kier molecular flexibility index (Phi) is 7.89. The summed E-state index contributed by atoms with van der Waals surface area (Å²) in [6.45, 7) is 4.41. The van der Waals surface area contributed by atoms with Crippen molar-refractivity contribution in [2.45, 2.75) is 26.4 Å². The number of nitrogens with two attached hydrogens (primary N) is 1. The van der Waals surface area contributed by atoms with Gasteiger partial charge in [0.15, 0.2) is 5.65 Å². The summed E-state index contributed by atoms with van der Waals surface area (Å²) in [5, 5.41) is 10.0. The highest BCUT2D eigenvalue weighted by Gasteiger charge is 2.18. The summed E-state index contributed by atoms with van der Waals surface area (Å²) < 4.78 is 9.96. The number of rotatable bonds is 11. The molecule has 0 radical (unpaired) electrons. The van der Waals surface area contributed by atoms with E-state index in [-0.39, 0.29) is 0 Å². The Labute approximate surface area is 250 Å². The molecular weight excluding hydrogens is 540 g/mol. The van der Waals surface area contributed by atoms with Crippen LogP contribution in [0.15, 0.2) is 67.5 Å². The average Bonchev–Trinajstić information content (AvgIpc) is 3.62.